The van der Waals surface area contributed by atoms with E-state index in [1.165, 1.54) is 32.6 Å². The molecule has 0 unspecified atom stereocenters. The van der Waals surface area contributed by atoms with Gasteiger partial charge < -0.3 is 19.9 Å². The predicted molar refractivity (Wildman–Crippen MR) is 128 cm³/mol. The Bertz CT molecular complexity index is 1110. The Kier molecular flexibility index (Phi) is 6.09. The van der Waals surface area contributed by atoms with E-state index in [0.717, 1.165) is 22.9 Å². The highest BCUT2D eigenvalue weighted by Crippen LogP contribution is 2.38. The maximum absolute atomic E-state index is 11.3. The second-order valence-corrected chi connectivity index (χ2v) is 9.86. The number of carbonyl (C=O) groups excluding carboxylic acids is 1. The van der Waals surface area contributed by atoms with Gasteiger partial charge in [0.2, 0.25) is 11.9 Å². The number of carbonyl (C=O) groups is 1. The van der Waals surface area contributed by atoms with Gasteiger partial charge in [-0.25, -0.2) is 9.97 Å². The first-order valence-corrected chi connectivity index (χ1v) is 11.3. The predicted octanol–water partition coefficient (Wildman–Crippen LogP) is 5.74. The van der Waals surface area contributed by atoms with Gasteiger partial charge in [-0.1, -0.05) is 20.8 Å². The summed E-state index contributed by atoms with van der Waals surface area (Å²) in [6, 6.07) is 9.80. The van der Waals surface area contributed by atoms with E-state index in [1.807, 2.05) is 25.2 Å². The molecule has 170 valence electrons. The van der Waals surface area contributed by atoms with E-state index in [1.54, 1.807) is 18.3 Å². The summed E-state index contributed by atoms with van der Waals surface area (Å²) in [6.07, 6.45) is 6.49. The van der Waals surface area contributed by atoms with Crippen molar-refractivity contribution in [1.29, 1.82) is 0 Å². The highest BCUT2D eigenvalue weighted by molar-refractivity contribution is 5.87. The van der Waals surface area contributed by atoms with Crippen molar-refractivity contribution in [2.75, 3.05) is 10.6 Å². The van der Waals surface area contributed by atoms with Crippen LogP contribution in [0.4, 0.5) is 11.8 Å². The maximum Gasteiger partial charge on any atom is 0.222 e. The molecule has 1 fully saturated rings. The number of amides is 1. The van der Waals surface area contributed by atoms with Crippen LogP contribution in [0.5, 0.6) is 11.5 Å². The number of anilines is 2. The summed E-state index contributed by atoms with van der Waals surface area (Å²) in [5.74, 6) is 3.30. The SMILES string of the molecule is CC(=O)Nc1cc(Oc2ccc3nc(NC4CCC(C(C)(C)C)CC4)n(C)c3c2)ccn1. The van der Waals surface area contributed by atoms with Gasteiger partial charge in [-0.15, -0.1) is 0 Å². The van der Waals surface area contributed by atoms with Gasteiger partial charge in [0.1, 0.15) is 17.3 Å². The first kappa shape index (κ1) is 22.1. The lowest BCUT2D eigenvalue weighted by molar-refractivity contribution is -0.114. The van der Waals surface area contributed by atoms with Crippen molar-refractivity contribution in [3.05, 3.63) is 36.5 Å². The number of rotatable bonds is 5. The third kappa shape index (κ3) is 5.03. The zero-order chi connectivity index (χ0) is 22.9. The number of benzene rings is 1. The van der Waals surface area contributed by atoms with Crippen LogP contribution in [-0.4, -0.2) is 26.5 Å². The van der Waals surface area contributed by atoms with Gasteiger partial charge >= 0.3 is 0 Å². The zero-order valence-electron chi connectivity index (χ0n) is 19.6. The molecule has 2 heterocycles. The van der Waals surface area contributed by atoms with E-state index in [2.05, 4.69) is 41.0 Å². The molecule has 0 atom stereocenters. The third-order valence-corrected chi connectivity index (χ3v) is 6.41. The van der Waals surface area contributed by atoms with E-state index < -0.39 is 0 Å². The Balaban J connectivity index is 1.47. The van der Waals surface area contributed by atoms with E-state index in [-0.39, 0.29) is 5.91 Å². The number of hydrogen-bond donors (Lipinski definition) is 2. The smallest absolute Gasteiger partial charge is 0.222 e. The highest BCUT2D eigenvalue weighted by atomic mass is 16.5. The first-order chi connectivity index (χ1) is 15.2. The van der Waals surface area contributed by atoms with Gasteiger partial charge in [-0.05, 0) is 55.2 Å². The van der Waals surface area contributed by atoms with E-state index in [9.17, 15) is 4.79 Å². The summed E-state index contributed by atoms with van der Waals surface area (Å²) in [4.78, 5) is 20.2. The van der Waals surface area contributed by atoms with Crippen LogP contribution in [0.3, 0.4) is 0 Å². The Morgan fingerprint density at radius 1 is 1.09 bits per heavy atom. The summed E-state index contributed by atoms with van der Waals surface area (Å²) < 4.78 is 8.10. The lowest BCUT2D eigenvalue weighted by atomic mass is 9.71. The summed E-state index contributed by atoms with van der Waals surface area (Å²) in [6.45, 7) is 8.50. The van der Waals surface area contributed by atoms with Crippen LogP contribution in [0.1, 0.15) is 53.4 Å². The Morgan fingerprint density at radius 2 is 1.81 bits per heavy atom. The fraction of sp³-hybridized carbons (Fsp3) is 0.480. The number of nitrogens with one attached hydrogen (secondary N) is 2. The molecule has 0 bridgehead atoms. The molecule has 0 radical (unpaired) electrons. The molecule has 3 aromatic rings. The largest absolute Gasteiger partial charge is 0.457 e. The molecule has 2 aromatic heterocycles. The van der Waals surface area contributed by atoms with Gasteiger partial charge in [-0.2, -0.15) is 0 Å². The van der Waals surface area contributed by atoms with Gasteiger partial charge in [0, 0.05) is 38.3 Å². The van der Waals surface area contributed by atoms with Gasteiger partial charge in [0.05, 0.1) is 11.0 Å². The monoisotopic (exact) mass is 435 g/mol. The zero-order valence-corrected chi connectivity index (χ0v) is 19.6. The van der Waals surface area contributed by atoms with Crippen molar-refractivity contribution in [1.82, 2.24) is 14.5 Å². The highest BCUT2D eigenvalue weighted by Gasteiger charge is 2.30. The number of hydrogen-bond acceptors (Lipinski definition) is 5. The number of aryl methyl sites for hydroxylation is 1. The minimum absolute atomic E-state index is 0.169. The second-order valence-electron chi connectivity index (χ2n) is 9.86. The van der Waals surface area contributed by atoms with Gasteiger partial charge in [0.25, 0.3) is 0 Å². The van der Waals surface area contributed by atoms with Gasteiger partial charge in [-0.3, -0.25) is 4.79 Å². The minimum Gasteiger partial charge on any atom is -0.457 e. The van der Waals surface area contributed by atoms with E-state index >= 15 is 0 Å². The number of fused-ring (bicyclic) bond motifs is 1. The fourth-order valence-electron chi connectivity index (χ4n) is 4.51. The lowest BCUT2D eigenvalue weighted by Crippen LogP contribution is -2.32. The number of imidazole rings is 1. The standard InChI is InChI=1S/C25H33N5O2/c1-16(31)27-23-15-20(12-13-26-23)32-19-10-11-21-22(14-19)30(5)24(29-21)28-18-8-6-17(7-9-18)25(2,3)4/h10-15,17-18H,6-9H2,1-5H3,(H,28,29)(H,26,27,31). The number of ether oxygens (including phenoxy) is 1. The second kappa shape index (κ2) is 8.81. The first-order valence-electron chi connectivity index (χ1n) is 11.3. The van der Waals surface area contributed by atoms with Crippen molar-refractivity contribution in [2.45, 2.75) is 59.4 Å². The van der Waals surface area contributed by atoms with Crippen molar-refractivity contribution >= 4 is 28.7 Å². The summed E-state index contributed by atoms with van der Waals surface area (Å²) in [7, 11) is 2.03. The van der Waals surface area contributed by atoms with Crippen LogP contribution in [-0.2, 0) is 11.8 Å². The van der Waals surface area contributed by atoms with E-state index in [0.29, 0.717) is 28.8 Å². The average Bonchev–Trinajstić information content (AvgIpc) is 3.03. The molecule has 0 spiro atoms. The molecule has 1 aromatic carbocycles. The van der Waals surface area contributed by atoms with Gasteiger partial charge in [0.15, 0.2) is 0 Å². The fourth-order valence-corrected chi connectivity index (χ4v) is 4.51. The average molecular weight is 436 g/mol. The van der Waals surface area contributed by atoms with Crippen molar-refractivity contribution < 1.29 is 9.53 Å². The molecular weight excluding hydrogens is 402 g/mol. The molecule has 7 nitrogen and oxygen atoms in total. The van der Waals surface area contributed by atoms with Crippen LogP contribution in [0.25, 0.3) is 11.0 Å². The lowest BCUT2D eigenvalue weighted by Gasteiger charge is -2.37. The molecule has 32 heavy (non-hydrogen) atoms. The van der Waals surface area contributed by atoms with Crippen LogP contribution >= 0.6 is 0 Å². The normalized spacial score (nSPS) is 19.0. The number of nitrogens with zero attached hydrogens (tertiary/aromatic N) is 3. The molecule has 0 aliphatic heterocycles. The quantitative estimate of drug-likeness (QED) is 0.534. The molecule has 0 saturated heterocycles. The summed E-state index contributed by atoms with van der Waals surface area (Å²) in [5, 5.41) is 6.34. The molecular formula is C25H33N5O2. The Hall–Kier alpha value is -3.09. The molecule has 2 N–H and O–H groups in total. The van der Waals surface area contributed by atoms with Crippen LogP contribution in [0, 0.1) is 11.3 Å². The van der Waals surface area contributed by atoms with Crippen molar-refractivity contribution in [3.8, 4) is 11.5 Å². The van der Waals surface area contributed by atoms with Crippen molar-refractivity contribution in [3.63, 3.8) is 0 Å². The Morgan fingerprint density at radius 3 is 2.50 bits per heavy atom. The summed E-state index contributed by atoms with van der Waals surface area (Å²) in [5.41, 5.74) is 2.32. The number of pyridine rings is 1. The van der Waals surface area contributed by atoms with Crippen LogP contribution in [0.2, 0.25) is 0 Å². The minimum atomic E-state index is -0.169. The molecule has 7 heteroatoms. The Labute approximate surface area is 189 Å². The van der Waals surface area contributed by atoms with Crippen molar-refractivity contribution in [2.24, 2.45) is 18.4 Å². The van der Waals surface area contributed by atoms with Crippen LogP contribution in [0.15, 0.2) is 36.5 Å². The molecule has 4 rings (SSSR count). The third-order valence-electron chi connectivity index (χ3n) is 6.41. The molecule has 1 aliphatic rings. The summed E-state index contributed by atoms with van der Waals surface area (Å²) >= 11 is 0. The topological polar surface area (TPSA) is 81.1 Å². The molecule has 1 amide bonds. The maximum atomic E-state index is 11.3. The number of aromatic nitrogens is 3. The molecule has 1 aliphatic carbocycles. The van der Waals surface area contributed by atoms with Crippen LogP contribution < -0.4 is 15.4 Å². The molecule has 1 saturated carbocycles. The van der Waals surface area contributed by atoms with E-state index in [4.69, 9.17) is 9.72 Å².